The second-order valence-electron chi connectivity index (χ2n) is 8.44. The van der Waals surface area contributed by atoms with Gasteiger partial charge in [0.25, 0.3) is 5.91 Å². The highest BCUT2D eigenvalue weighted by Crippen LogP contribution is 2.25. The molecule has 0 radical (unpaired) electrons. The summed E-state index contributed by atoms with van der Waals surface area (Å²) in [6.45, 7) is 6.31. The number of nitrogens with zero attached hydrogens (tertiary/aromatic N) is 3. The molecule has 0 atom stereocenters. The summed E-state index contributed by atoms with van der Waals surface area (Å²) in [5.74, 6) is -0.310. The number of hydrogen-bond acceptors (Lipinski definition) is 3. The van der Waals surface area contributed by atoms with Crippen LogP contribution in [0.3, 0.4) is 0 Å². The molecule has 2 heterocycles. The van der Waals surface area contributed by atoms with Crippen molar-refractivity contribution in [2.45, 2.75) is 27.3 Å². The lowest BCUT2D eigenvalue weighted by Crippen LogP contribution is -2.30. The minimum absolute atomic E-state index is 0.250. The van der Waals surface area contributed by atoms with E-state index >= 15 is 0 Å². The summed E-state index contributed by atoms with van der Waals surface area (Å²) in [6.07, 6.45) is 1.77. The van der Waals surface area contributed by atoms with Gasteiger partial charge < -0.3 is 14.8 Å². The first kappa shape index (κ1) is 21.4. The summed E-state index contributed by atoms with van der Waals surface area (Å²) < 4.78 is 2.15. The van der Waals surface area contributed by atoms with Gasteiger partial charge in [-0.15, -0.1) is 0 Å². The van der Waals surface area contributed by atoms with Crippen molar-refractivity contribution in [1.29, 1.82) is 0 Å². The molecule has 6 heteroatoms. The fourth-order valence-electron chi connectivity index (χ4n) is 3.98. The van der Waals surface area contributed by atoms with Crippen LogP contribution < -0.4 is 10.2 Å². The quantitative estimate of drug-likeness (QED) is 0.479. The number of rotatable bonds is 5. The van der Waals surface area contributed by atoms with Crippen molar-refractivity contribution < 1.29 is 9.59 Å². The molecule has 164 valence electrons. The van der Waals surface area contributed by atoms with Gasteiger partial charge in [-0.1, -0.05) is 29.8 Å². The number of carbonyl (C=O) groups is 2. The minimum atomic E-state index is -0.394. The molecule has 0 spiro atoms. The van der Waals surface area contributed by atoms with Gasteiger partial charge in [0.2, 0.25) is 0 Å². The molecule has 0 saturated carbocycles. The molecule has 1 aliphatic rings. The van der Waals surface area contributed by atoms with Crippen LogP contribution in [0, 0.1) is 20.8 Å². The topological polar surface area (TPSA) is 57.6 Å². The molecule has 1 N–H and O–H groups in total. The highest BCUT2D eigenvalue weighted by molar-refractivity contribution is 6.14. The number of amides is 3. The molecule has 2 aromatic carbocycles. The highest BCUT2D eigenvalue weighted by atomic mass is 16.2. The van der Waals surface area contributed by atoms with Gasteiger partial charge >= 0.3 is 6.03 Å². The third-order valence-corrected chi connectivity index (χ3v) is 5.82. The zero-order valence-corrected chi connectivity index (χ0v) is 19.1. The zero-order valence-electron chi connectivity index (χ0n) is 19.1. The van der Waals surface area contributed by atoms with Crippen LogP contribution in [-0.4, -0.2) is 35.5 Å². The Morgan fingerprint density at radius 2 is 1.59 bits per heavy atom. The van der Waals surface area contributed by atoms with Crippen LogP contribution >= 0.6 is 0 Å². The van der Waals surface area contributed by atoms with Crippen LogP contribution in [0.4, 0.5) is 10.5 Å². The summed E-state index contributed by atoms with van der Waals surface area (Å²) in [5, 5.41) is 2.73. The molecule has 3 amide bonds. The Kier molecular flexibility index (Phi) is 5.61. The summed E-state index contributed by atoms with van der Waals surface area (Å²) in [4.78, 5) is 28.7. The van der Waals surface area contributed by atoms with E-state index in [1.807, 2.05) is 65.2 Å². The van der Waals surface area contributed by atoms with E-state index in [1.54, 1.807) is 6.08 Å². The Hall–Kier alpha value is -3.80. The zero-order chi connectivity index (χ0) is 23.0. The lowest BCUT2D eigenvalue weighted by atomic mass is 10.1. The van der Waals surface area contributed by atoms with Crippen LogP contribution in [0.5, 0.6) is 0 Å². The number of carbonyl (C=O) groups excluding carboxylic acids is 2. The predicted octanol–water partition coefficient (Wildman–Crippen LogP) is 4.56. The van der Waals surface area contributed by atoms with Gasteiger partial charge in [-0.2, -0.15) is 0 Å². The van der Waals surface area contributed by atoms with Gasteiger partial charge in [0, 0.05) is 36.9 Å². The van der Waals surface area contributed by atoms with Crippen molar-refractivity contribution in [3.63, 3.8) is 0 Å². The Balaban J connectivity index is 1.60. The van der Waals surface area contributed by atoms with Gasteiger partial charge in [-0.3, -0.25) is 9.69 Å². The van der Waals surface area contributed by atoms with Crippen LogP contribution in [0.1, 0.15) is 28.1 Å². The Morgan fingerprint density at radius 3 is 2.22 bits per heavy atom. The first-order valence-electron chi connectivity index (χ1n) is 10.6. The Morgan fingerprint density at radius 1 is 0.938 bits per heavy atom. The number of hydrogen-bond donors (Lipinski definition) is 1. The molecular formula is C26H28N4O2. The third kappa shape index (κ3) is 4.04. The van der Waals surface area contributed by atoms with Gasteiger partial charge in [0.15, 0.2) is 0 Å². The number of urea groups is 1. The largest absolute Gasteiger partial charge is 0.378 e. The average molecular weight is 429 g/mol. The lowest BCUT2D eigenvalue weighted by molar-refractivity contribution is -0.123. The number of anilines is 1. The maximum atomic E-state index is 12.9. The van der Waals surface area contributed by atoms with Crippen LogP contribution in [0.25, 0.3) is 11.8 Å². The number of imide groups is 1. The molecule has 3 aromatic rings. The summed E-state index contributed by atoms with van der Waals surface area (Å²) in [6, 6.07) is 17.8. The average Bonchev–Trinajstić information content (AvgIpc) is 3.19. The third-order valence-electron chi connectivity index (χ3n) is 5.82. The van der Waals surface area contributed by atoms with Crippen LogP contribution in [0.2, 0.25) is 0 Å². The van der Waals surface area contributed by atoms with Gasteiger partial charge in [-0.25, -0.2) is 4.79 Å². The number of aromatic nitrogens is 1. The molecule has 0 bridgehead atoms. The Bertz CT molecular complexity index is 1200. The molecular weight excluding hydrogens is 400 g/mol. The van der Waals surface area contributed by atoms with E-state index in [-0.39, 0.29) is 12.5 Å². The number of nitrogens with one attached hydrogen (secondary N) is 1. The molecule has 1 fully saturated rings. The molecule has 4 rings (SSSR count). The van der Waals surface area contributed by atoms with Gasteiger partial charge in [0.1, 0.15) is 5.70 Å². The van der Waals surface area contributed by atoms with Crippen molar-refractivity contribution in [1.82, 2.24) is 14.8 Å². The minimum Gasteiger partial charge on any atom is -0.378 e. The molecule has 32 heavy (non-hydrogen) atoms. The summed E-state index contributed by atoms with van der Waals surface area (Å²) in [5.41, 5.74) is 7.50. The predicted molar refractivity (Wildman–Crippen MR) is 128 cm³/mol. The maximum absolute atomic E-state index is 12.9. The highest BCUT2D eigenvalue weighted by Gasteiger charge is 2.33. The Labute approximate surface area is 188 Å². The van der Waals surface area contributed by atoms with E-state index in [0.717, 1.165) is 39.5 Å². The summed E-state index contributed by atoms with van der Waals surface area (Å²) >= 11 is 0. The number of aryl methyl sites for hydroxylation is 2. The summed E-state index contributed by atoms with van der Waals surface area (Å²) in [7, 11) is 4.03. The monoisotopic (exact) mass is 428 g/mol. The van der Waals surface area contributed by atoms with Crippen molar-refractivity contribution in [2.75, 3.05) is 19.0 Å². The van der Waals surface area contributed by atoms with Gasteiger partial charge in [0.05, 0.1) is 6.54 Å². The fourth-order valence-corrected chi connectivity index (χ4v) is 3.98. The number of benzene rings is 2. The molecule has 1 aromatic heterocycles. The van der Waals surface area contributed by atoms with Crippen molar-refractivity contribution >= 4 is 23.7 Å². The second kappa shape index (κ2) is 8.38. The second-order valence-corrected chi connectivity index (χ2v) is 8.44. The van der Waals surface area contributed by atoms with Crippen LogP contribution in [0.15, 0.2) is 60.3 Å². The van der Waals surface area contributed by atoms with E-state index in [2.05, 4.69) is 39.0 Å². The standard InChI is InChI=1S/C26H28N4O2/c1-17-6-8-20(9-7-17)16-29-25(31)24(27-26(29)32)15-21-14-18(2)30(19(21)3)23-12-10-22(11-13-23)28(4)5/h6-15H,16H2,1-5H3,(H,27,32)/b24-15+. The van der Waals surface area contributed by atoms with Gasteiger partial charge in [-0.05, 0) is 68.3 Å². The van der Waals surface area contributed by atoms with Crippen molar-refractivity contribution in [3.8, 4) is 5.69 Å². The van der Waals surface area contributed by atoms with Crippen molar-refractivity contribution in [3.05, 3.63) is 88.4 Å². The molecule has 0 unspecified atom stereocenters. The molecule has 6 nitrogen and oxygen atoms in total. The maximum Gasteiger partial charge on any atom is 0.329 e. The van der Waals surface area contributed by atoms with Crippen molar-refractivity contribution in [2.24, 2.45) is 0 Å². The normalized spacial score (nSPS) is 14.9. The molecule has 0 aliphatic carbocycles. The first-order valence-corrected chi connectivity index (χ1v) is 10.6. The lowest BCUT2D eigenvalue weighted by Gasteiger charge is -2.15. The molecule has 1 saturated heterocycles. The smallest absolute Gasteiger partial charge is 0.329 e. The van der Waals surface area contributed by atoms with E-state index in [4.69, 9.17) is 0 Å². The van der Waals surface area contributed by atoms with Crippen LogP contribution in [-0.2, 0) is 11.3 Å². The van der Waals surface area contributed by atoms with E-state index in [1.165, 1.54) is 4.90 Å². The van der Waals surface area contributed by atoms with E-state index in [9.17, 15) is 9.59 Å². The molecule has 1 aliphatic heterocycles. The SMILES string of the molecule is Cc1ccc(CN2C(=O)N/C(=C/c3cc(C)n(-c4ccc(N(C)C)cc4)c3C)C2=O)cc1. The van der Waals surface area contributed by atoms with E-state index in [0.29, 0.717) is 5.70 Å². The first-order chi connectivity index (χ1) is 15.2. The van der Waals surface area contributed by atoms with E-state index < -0.39 is 6.03 Å². The fraction of sp³-hybridized carbons (Fsp3) is 0.231.